The lowest BCUT2D eigenvalue weighted by Gasteiger charge is -2.15. The van der Waals surface area contributed by atoms with Gasteiger partial charge < -0.3 is 0 Å². The van der Waals surface area contributed by atoms with E-state index < -0.39 is 49.9 Å². The summed E-state index contributed by atoms with van der Waals surface area (Å²) in [5, 5.41) is 0. The minimum atomic E-state index is -5.07. The Morgan fingerprint density at radius 1 is 0.905 bits per heavy atom. The van der Waals surface area contributed by atoms with Crippen molar-refractivity contribution in [2.75, 3.05) is 5.75 Å². The summed E-state index contributed by atoms with van der Waals surface area (Å²) in [6, 6.07) is 0.355. The molecule has 9 heteroatoms. The molecule has 0 fully saturated rings. The number of alkyl halides is 6. The van der Waals surface area contributed by atoms with Crippen molar-refractivity contribution >= 4 is 9.84 Å². The molecule has 0 N–H and O–H groups in total. The van der Waals surface area contributed by atoms with Crippen LogP contribution in [0.1, 0.15) is 25.0 Å². The molecule has 120 valence electrons. The van der Waals surface area contributed by atoms with Crippen molar-refractivity contribution in [3.63, 3.8) is 0 Å². The molecule has 0 saturated carbocycles. The van der Waals surface area contributed by atoms with E-state index in [1.54, 1.807) is 0 Å². The molecule has 1 aromatic rings. The number of benzene rings is 1. The van der Waals surface area contributed by atoms with Crippen molar-refractivity contribution in [3.05, 3.63) is 29.3 Å². The quantitative estimate of drug-likeness (QED) is 0.778. The number of hydrogen-bond acceptors (Lipinski definition) is 2. The highest BCUT2D eigenvalue weighted by Gasteiger charge is 2.38. The zero-order valence-electron chi connectivity index (χ0n) is 11.0. The summed E-state index contributed by atoms with van der Waals surface area (Å²) in [4.78, 5) is -0.974. The molecule has 0 radical (unpaired) electrons. The van der Waals surface area contributed by atoms with Gasteiger partial charge >= 0.3 is 12.4 Å². The van der Waals surface area contributed by atoms with Gasteiger partial charge in [-0.15, -0.1) is 0 Å². The van der Waals surface area contributed by atoms with Crippen molar-refractivity contribution < 1.29 is 34.8 Å². The topological polar surface area (TPSA) is 34.1 Å². The van der Waals surface area contributed by atoms with Crippen LogP contribution in [0.25, 0.3) is 0 Å². The maximum atomic E-state index is 12.6. The summed E-state index contributed by atoms with van der Waals surface area (Å²) < 4.78 is 99.5. The smallest absolute Gasteiger partial charge is 0.224 e. The largest absolute Gasteiger partial charge is 0.416 e. The van der Waals surface area contributed by atoms with E-state index in [1.165, 1.54) is 13.8 Å². The maximum absolute atomic E-state index is 12.6. The Hall–Kier alpha value is -1.25. The molecule has 0 aromatic heterocycles. The lowest BCUT2D eigenvalue weighted by molar-refractivity contribution is -0.143. The summed E-state index contributed by atoms with van der Waals surface area (Å²) in [6.45, 7) is 2.99. The highest BCUT2D eigenvalue weighted by atomic mass is 32.2. The van der Waals surface area contributed by atoms with E-state index in [4.69, 9.17) is 0 Å². The van der Waals surface area contributed by atoms with Gasteiger partial charge in [-0.2, -0.15) is 26.3 Å². The Labute approximate surface area is 117 Å². The van der Waals surface area contributed by atoms with Crippen LogP contribution >= 0.6 is 0 Å². The normalized spacial score (nSPS) is 13.8. The van der Waals surface area contributed by atoms with E-state index in [1.807, 2.05) is 0 Å². The Morgan fingerprint density at radius 3 is 1.57 bits per heavy atom. The minimum absolute atomic E-state index is 0.103. The molecular weight excluding hydrogens is 322 g/mol. The van der Waals surface area contributed by atoms with E-state index >= 15 is 0 Å². The zero-order valence-corrected chi connectivity index (χ0v) is 11.8. The van der Waals surface area contributed by atoms with Gasteiger partial charge in [0.05, 0.1) is 21.8 Å². The molecule has 1 aromatic carbocycles. The summed E-state index contributed by atoms with van der Waals surface area (Å²) in [7, 11) is -4.23. The van der Waals surface area contributed by atoms with E-state index in [0.29, 0.717) is 0 Å². The average Bonchev–Trinajstić information content (AvgIpc) is 2.24. The van der Waals surface area contributed by atoms with Crippen LogP contribution in [0.3, 0.4) is 0 Å². The Morgan fingerprint density at radius 2 is 1.29 bits per heavy atom. The fraction of sp³-hybridized carbons (Fsp3) is 0.500. The molecule has 0 bridgehead atoms. The maximum Gasteiger partial charge on any atom is 0.416 e. The van der Waals surface area contributed by atoms with E-state index in [-0.39, 0.29) is 18.2 Å². The molecule has 0 amide bonds. The molecule has 0 spiro atoms. The predicted molar refractivity (Wildman–Crippen MR) is 63.3 cm³/mol. The molecule has 0 aliphatic carbocycles. The SMILES string of the molecule is CC(C)CS(=O)(=O)c1cc(C(F)(F)F)cc(C(F)(F)F)c1. The number of sulfone groups is 1. The third-order valence-corrected chi connectivity index (χ3v) is 4.53. The van der Waals surface area contributed by atoms with Gasteiger partial charge in [-0.05, 0) is 24.1 Å². The first kappa shape index (κ1) is 17.8. The van der Waals surface area contributed by atoms with Crippen LogP contribution in [-0.2, 0) is 22.2 Å². The fourth-order valence-electron chi connectivity index (χ4n) is 1.64. The number of hydrogen-bond donors (Lipinski definition) is 0. The van der Waals surface area contributed by atoms with Crippen LogP contribution in [0.2, 0.25) is 0 Å². The Kier molecular flexibility index (Phi) is 4.67. The van der Waals surface area contributed by atoms with Crippen molar-refractivity contribution in [2.45, 2.75) is 31.1 Å². The van der Waals surface area contributed by atoms with Crippen molar-refractivity contribution in [2.24, 2.45) is 5.92 Å². The highest BCUT2D eigenvalue weighted by Crippen LogP contribution is 2.37. The third-order valence-electron chi connectivity index (χ3n) is 2.47. The predicted octanol–water partition coefficient (Wildman–Crippen LogP) is 4.15. The van der Waals surface area contributed by atoms with Crippen LogP contribution in [0, 0.1) is 5.92 Å². The zero-order chi connectivity index (χ0) is 16.6. The van der Waals surface area contributed by atoms with Gasteiger partial charge in [0.25, 0.3) is 0 Å². The van der Waals surface area contributed by atoms with Crippen LogP contribution in [0.5, 0.6) is 0 Å². The van der Waals surface area contributed by atoms with Gasteiger partial charge in [0, 0.05) is 0 Å². The fourth-order valence-corrected chi connectivity index (χ4v) is 3.32. The highest BCUT2D eigenvalue weighted by molar-refractivity contribution is 7.91. The lowest BCUT2D eigenvalue weighted by Crippen LogP contribution is -2.16. The van der Waals surface area contributed by atoms with Gasteiger partial charge in [0.2, 0.25) is 0 Å². The minimum Gasteiger partial charge on any atom is -0.224 e. The van der Waals surface area contributed by atoms with Gasteiger partial charge in [-0.3, -0.25) is 0 Å². The van der Waals surface area contributed by atoms with E-state index in [0.717, 1.165) is 0 Å². The van der Waals surface area contributed by atoms with Gasteiger partial charge in [0.1, 0.15) is 0 Å². The standard InChI is InChI=1S/C12H12F6O2S/c1-7(2)6-21(19,20)10-4-8(11(13,14)15)3-9(5-10)12(16,17)18/h3-5,7H,6H2,1-2H3. The average molecular weight is 334 g/mol. The summed E-state index contributed by atoms with van der Waals surface area (Å²) >= 11 is 0. The molecule has 0 aliphatic heterocycles. The molecule has 0 heterocycles. The molecule has 0 aliphatic rings. The molecule has 0 saturated heterocycles. The first-order valence-electron chi connectivity index (χ1n) is 5.76. The molecule has 0 unspecified atom stereocenters. The van der Waals surface area contributed by atoms with Crippen LogP contribution in [0.15, 0.2) is 23.1 Å². The first-order chi connectivity index (χ1) is 9.23. The summed E-state index contributed by atoms with van der Waals surface area (Å²) in [5.74, 6) is -0.968. The van der Waals surface area contributed by atoms with Crippen LogP contribution in [-0.4, -0.2) is 14.2 Å². The van der Waals surface area contributed by atoms with Crippen molar-refractivity contribution in [3.8, 4) is 0 Å². The van der Waals surface area contributed by atoms with Gasteiger partial charge in [-0.25, -0.2) is 8.42 Å². The molecular formula is C12H12F6O2S. The molecule has 2 nitrogen and oxygen atoms in total. The third kappa shape index (κ3) is 4.62. The Bertz CT molecular complexity index is 581. The molecule has 21 heavy (non-hydrogen) atoms. The number of rotatable bonds is 3. The monoisotopic (exact) mass is 334 g/mol. The second-order valence-electron chi connectivity index (χ2n) is 4.92. The molecule has 1 rings (SSSR count). The molecule has 0 atom stereocenters. The van der Waals surface area contributed by atoms with E-state index in [9.17, 15) is 34.8 Å². The van der Waals surface area contributed by atoms with Crippen molar-refractivity contribution in [1.82, 2.24) is 0 Å². The second-order valence-corrected chi connectivity index (χ2v) is 6.95. The van der Waals surface area contributed by atoms with Crippen molar-refractivity contribution in [1.29, 1.82) is 0 Å². The summed E-state index contributed by atoms with van der Waals surface area (Å²) in [5.41, 5.74) is -3.28. The van der Waals surface area contributed by atoms with E-state index in [2.05, 4.69) is 0 Å². The van der Waals surface area contributed by atoms with Crippen LogP contribution in [0.4, 0.5) is 26.3 Å². The summed E-state index contributed by atoms with van der Waals surface area (Å²) in [6.07, 6.45) is -10.1. The van der Waals surface area contributed by atoms with Gasteiger partial charge in [0.15, 0.2) is 9.84 Å². The second kappa shape index (κ2) is 5.51. The van der Waals surface area contributed by atoms with Crippen LogP contribution < -0.4 is 0 Å². The first-order valence-corrected chi connectivity index (χ1v) is 7.41. The lowest BCUT2D eigenvalue weighted by atomic mass is 10.1. The number of halogens is 6. The Balaban J connectivity index is 3.54. The van der Waals surface area contributed by atoms with Gasteiger partial charge in [-0.1, -0.05) is 13.8 Å².